The Hall–Kier alpha value is -2.90. The lowest BCUT2D eigenvalue weighted by Crippen LogP contribution is -2.23. The molecule has 0 unspecified atom stereocenters. The van der Waals surface area contributed by atoms with E-state index in [0.717, 1.165) is 13.0 Å². The number of aryl methyl sites for hydroxylation is 1. The molecule has 0 aromatic carbocycles. The second-order valence-corrected chi connectivity index (χ2v) is 5.14. The van der Waals surface area contributed by atoms with Crippen LogP contribution in [0.15, 0.2) is 23.4 Å². The monoisotopic (exact) mass is 313 g/mol. The first-order valence-corrected chi connectivity index (χ1v) is 7.61. The normalized spacial score (nSPS) is 12.2. The van der Waals surface area contributed by atoms with Gasteiger partial charge >= 0.3 is 0 Å². The van der Waals surface area contributed by atoms with Crippen molar-refractivity contribution in [1.29, 1.82) is 5.41 Å². The molecule has 3 aromatic heterocycles. The number of H-pyrrole nitrogens is 1. The zero-order chi connectivity index (χ0) is 16.4. The van der Waals surface area contributed by atoms with E-state index in [0.29, 0.717) is 34.9 Å². The fourth-order valence-corrected chi connectivity index (χ4v) is 2.53. The van der Waals surface area contributed by atoms with Crippen LogP contribution in [0.3, 0.4) is 0 Å². The molecule has 8 heteroatoms. The third kappa shape index (κ3) is 2.41. The summed E-state index contributed by atoms with van der Waals surface area (Å²) >= 11 is 0. The van der Waals surface area contributed by atoms with E-state index >= 15 is 0 Å². The molecule has 0 fully saturated rings. The molecule has 0 aliphatic rings. The second-order valence-electron chi connectivity index (χ2n) is 5.14. The van der Waals surface area contributed by atoms with E-state index in [1.165, 1.54) is 6.21 Å². The highest BCUT2D eigenvalue weighted by Crippen LogP contribution is 2.15. The lowest BCUT2D eigenvalue weighted by atomic mass is 10.3. The Balaban J connectivity index is 2.29. The number of aromatic amines is 1. The van der Waals surface area contributed by atoms with Gasteiger partial charge in [0.05, 0.1) is 5.57 Å². The van der Waals surface area contributed by atoms with E-state index < -0.39 is 0 Å². The number of hydrogen-bond donors (Lipinski definition) is 3. The van der Waals surface area contributed by atoms with E-state index in [9.17, 15) is 4.79 Å². The van der Waals surface area contributed by atoms with Gasteiger partial charge in [-0.25, -0.2) is 9.97 Å². The van der Waals surface area contributed by atoms with E-state index in [1.54, 1.807) is 27.6 Å². The smallest absolute Gasteiger partial charge is 0.280 e. The summed E-state index contributed by atoms with van der Waals surface area (Å²) in [6, 6.07) is 0. The highest BCUT2D eigenvalue weighted by atomic mass is 16.1. The minimum Gasteiger partial charge on any atom is -0.391 e. The lowest BCUT2D eigenvalue weighted by Gasteiger charge is -2.05. The first-order valence-electron chi connectivity index (χ1n) is 7.61. The van der Waals surface area contributed by atoms with Gasteiger partial charge in [-0.1, -0.05) is 6.92 Å². The minimum atomic E-state index is -0.146. The Morgan fingerprint density at radius 2 is 2.30 bits per heavy atom. The molecule has 0 saturated carbocycles. The first-order chi connectivity index (χ1) is 11.2. The van der Waals surface area contributed by atoms with Crippen molar-refractivity contribution in [3.8, 4) is 0 Å². The predicted octanol–water partition coefficient (Wildman–Crippen LogP) is 1.38. The standard InChI is InChI=1S/C15H19N7O/c1-3-6-22-14(23)11-13(21-7-5-18-15(21)22)20-12(19-11)10(8-16)9-17-4-2/h5,7-9,16-17H,3-4,6H2,1-2H3,(H,19,20)/b10-9+,16-8?. The highest BCUT2D eigenvalue weighted by molar-refractivity contribution is 6.07. The largest absolute Gasteiger partial charge is 0.391 e. The number of imidazole rings is 2. The van der Waals surface area contributed by atoms with Crippen LogP contribution in [0.25, 0.3) is 22.5 Å². The summed E-state index contributed by atoms with van der Waals surface area (Å²) < 4.78 is 3.43. The Labute approximate surface area is 132 Å². The SMILES string of the molecule is CCCn1c(=O)c2[nH]c(/C(C=N)=C/NCC)nc2n2ccnc12. The summed E-state index contributed by atoms with van der Waals surface area (Å²) in [7, 11) is 0. The zero-order valence-electron chi connectivity index (χ0n) is 13.1. The lowest BCUT2D eigenvalue weighted by molar-refractivity contribution is 0.663. The maximum Gasteiger partial charge on any atom is 0.280 e. The van der Waals surface area contributed by atoms with Gasteiger partial charge in [0, 0.05) is 37.9 Å². The fourth-order valence-electron chi connectivity index (χ4n) is 2.53. The van der Waals surface area contributed by atoms with Gasteiger partial charge in [-0.15, -0.1) is 0 Å². The molecule has 120 valence electrons. The number of nitrogens with zero attached hydrogens (tertiary/aromatic N) is 4. The van der Waals surface area contributed by atoms with Gasteiger partial charge in [0.1, 0.15) is 5.82 Å². The third-order valence-corrected chi connectivity index (χ3v) is 3.57. The number of allylic oxidation sites excluding steroid dienone is 1. The van der Waals surface area contributed by atoms with Gasteiger partial charge < -0.3 is 15.7 Å². The summed E-state index contributed by atoms with van der Waals surface area (Å²) in [5, 5.41) is 10.6. The molecule has 0 radical (unpaired) electrons. The van der Waals surface area contributed by atoms with Gasteiger partial charge in [0.25, 0.3) is 5.56 Å². The molecule has 0 amide bonds. The molecule has 0 spiro atoms. The van der Waals surface area contributed by atoms with Crippen LogP contribution in [0.1, 0.15) is 26.1 Å². The van der Waals surface area contributed by atoms with Crippen molar-refractivity contribution in [1.82, 2.24) is 29.2 Å². The van der Waals surface area contributed by atoms with E-state index in [4.69, 9.17) is 5.41 Å². The summed E-state index contributed by atoms with van der Waals surface area (Å²) in [5.41, 5.74) is 1.38. The topological polar surface area (TPSA) is 104 Å². The van der Waals surface area contributed by atoms with Crippen LogP contribution in [0, 0.1) is 5.41 Å². The Morgan fingerprint density at radius 3 is 3.00 bits per heavy atom. The van der Waals surface area contributed by atoms with Crippen LogP contribution in [0.4, 0.5) is 0 Å². The average Bonchev–Trinajstić information content (AvgIpc) is 3.19. The van der Waals surface area contributed by atoms with Crippen molar-refractivity contribution in [3.05, 3.63) is 34.8 Å². The number of nitrogens with one attached hydrogen (secondary N) is 3. The van der Waals surface area contributed by atoms with E-state index in [2.05, 4.69) is 20.3 Å². The van der Waals surface area contributed by atoms with Crippen LogP contribution >= 0.6 is 0 Å². The van der Waals surface area contributed by atoms with Gasteiger partial charge in [-0.3, -0.25) is 13.8 Å². The van der Waals surface area contributed by atoms with Crippen LogP contribution in [-0.4, -0.2) is 36.7 Å². The van der Waals surface area contributed by atoms with Gasteiger partial charge in [-0.2, -0.15) is 0 Å². The third-order valence-electron chi connectivity index (χ3n) is 3.57. The van der Waals surface area contributed by atoms with Crippen molar-refractivity contribution in [2.45, 2.75) is 26.8 Å². The maximum atomic E-state index is 12.7. The molecule has 0 aliphatic heterocycles. The second kappa shape index (κ2) is 6.07. The highest BCUT2D eigenvalue weighted by Gasteiger charge is 2.16. The fraction of sp³-hybridized carbons (Fsp3) is 0.333. The quantitative estimate of drug-likeness (QED) is 0.598. The summed E-state index contributed by atoms with van der Waals surface area (Å²) in [6.07, 6.45) is 7.18. The molecule has 3 N–H and O–H groups in total. The Morgan fingerprint density at radius 1 is 1.48 bits per heavy atom. The zero-order valence-corrected chi connectivity index (χ0v) is 13.1. The molecular weight excluding hydrogens is 294 g/mol. The van der Waals surface area contributed by atoms with Crippen molar-refractivity contribution >= 4 is 28.7 Å². The molecule has 3 rings (SSSR count). The summed E-state index contributed by atoms with van der Waals surface area (Å²) in [6.45, 7) is 5.32. The summed E-state index contributed by atoms with van der Waals surface area (Å²) in [4.78, 5) is 24.5. The van der Waals surface area contributed by atoms with Gasteiger partial charge in [0.2, 0.25) is 5.78 Å². The number of hydrogen-bond acceptors (Lipinski definition) is 5. The van der Waals surface area contributed by atoms with Crippen molar-refractivity contribution < 1.29 is 0 Å². The molecule has 0 bridgehead atoms. The van der Waals surface area contributed by atoms with Crippen LogP contribution in [0.5, 0.6) is 0 Å². The molecular formula is C15H19N7O. The summed E-state index contributed by atoms with van der Waals surface area (Å²) in [5.74, 6) is 1.06. The van der Waals surface area contributed by atoms with Gasteiger partial charge in [-0.05, 0) is 13.3 Å². The molecule has 3 heterocycles. The maximum absolute atomic E-state index is 12.7. The molecule has 0 atom stereocenters. The Kier molecular flexibility index (Phi) is 3.96. The van der Waals surface area contributed by atoms with Crippen molar-refractivity contribution in [3.63, 3.8) is 0 Å². The van der Waals surface area contributed by atoms with Gasteiger partial charge in [0.15, 0.2) is 11.2 Å². The Bertz CT molecular complexity index is 944. The van der Waals surface area contributed by atoms with E-state index in [-0.39, 0.29) is 5.56 Å². The number of rotatable bonds is 6. The van der Waals surface area contributed by atoms with E-state index in [1.807, 2.05) is 13.8 Å². The molecule has 0 saturated heterocycles. The number of fused-ring (bicyclic) bond motifs is 3. The molecule has 8 nitrogen and oxygen atoms in total. The number of aromatic nitrogens is 5. The van der Waals surface area contributed by atoms with Crippen LogP contribution in [-0.2, 0) is 6.54 Å². The van der Waals surface area contributed by atoms with Crippen molar-refractivity contribution in [2.75, 3.05) is 6.54 Å². The molecule has 23 heavy (non-hydrogen) atoms. The molecule has 3 aromatic rings. The first kappa shape index (κ1) is 15.0. The van der Waals surface area contributed by atoms with Crippen LogP contribution < -0.4 is 10.9 Å². The van der Waals surface area contributed by atoms with Crippen LogP contribution in [0.2, 0.25) is 0 Å². The van der Waals surface area contributed by atoms with Crippen molar-refractivity contribution in [2.24, 2.45) is 0 Å². The average molecular weight is 313 g/mol. The molecule has 0 aliphatic carbocycles. The predicted molar refractivity (Wildman–Crippen MR) is 89.8 cm³/mol. The minimum absolute atomic E-state index is 0.146.